The molecule has 0 saturated carbocycles. The Labute approximate surface area is 269 Å². The van der Waals surface area contributed by atoms with Crippen LogP contribution in [-0.2, 0) is 32.6 Å². The molecule has 0 aromatic heterocycles. The zero-order valence-electron chi connectivity index (χ0n) is 25.1. The molecule has 0 aliphatic carbocycles. The standard InChI is InChI=1S/C34H35Cl2N3O4S/c1-23-11-16-29(17-12-23)44(42,43)39(31-18-24(2)10-13-25(31)3)22-33(40)38(21-27-14-15-28(35)20-30(27)36)32(34(41)37-4)19-26-8-6-5-7-9-26/h5-18,20,32H,19,21-22H2,1-4H3,(H,37,41). The van der Waals surface area contributed by atoms with Crippen molar-refractivity contribution in [1.82, 2.24) is 10.2 Å². The molecule has 4 aromatic rings. The molecule has 0 radical (unpaired) electrons. The van der Waals surface area contributed by atoms with Gasteiger partial charge in [0.15, 0.2) is 0 Å². The lowest BCUT2D eigenvalue weighted by Crippen LogP contribution is -2.53. The van der Waals surface area contributed by atoms with E-state index in [0.717, 1.165) is 21.0 Å². The van der Waals surface area contributed by atoms with Gasteiger partial charge in [-0.25, -0.2) is 8.42 Å². The molecular formula is C34H35Cl2N3O4S. The van der Waals surface area contributed by atoms with Gasteiger partial charge in [-0.1, -0.05) is 89.4 Å². The molecule has 0 aliphatic rings. The number of sulfonamides is 1. The number of hydrogen-bond acceptors (Lipinski definition) is 4. The predicted molar refractivity (Wildman–Crippen MR) is 177 cm³/mol. The van der Waals surface area contributed by atoms with Crippen LogP contribution in [0.3, 0.4) is 0 Å². The number of benzene rings is 4. The Morgan fingerprint density at radius 3 is 2.14 bits per heavy atom. The van der Waals surface area contributed by atoms with E-state index in [1.165, 1.54) is 24.1 Å². The fraction of sp³-hybridized carbons (Fsp3) is 0.235. The summed E-state index contributed by atoms with van der Waals surface area (Å²) in [5.41, 5.74) is 4.19. The molecule has 44 heavy (non-hydrogen) atoms. The van der Waals surface area contributed by atoms with Crippen molar-refractivity contribution in [1.29, 1.82) is 0 Å². The summed E-state index contributed by atoms with van der Waals surface area (Å²) in [6.45, 7) is 4.93. The van der Waals surface area contributed by atoms with Crippen LogP contribution in [0.1, 0.15) is 27.8 Å². The number of hydrogen-bond donors (Lipinski definition) is 1. The van der Waals surface area contributed by atoms with E-state index in [1.807, 2.05) is 56.3 Å². The lowest BCUT2D eigenvalue weighted by atomic mass is 10.0. The van der Waals surface area contributed by atoms with Gasteiger partial charge < -0.3 is 10.2 Å². The number of aryl methyl sites for hydroxylation is 3. The van der Waals surface area contributed by atoms with Gasteiger partial charge in [0.05, 0.1) is 10.6 Å². The van der Waals surface area contributed by atoms with Gasteiger partial charge in [0.2, 0.25) is 11.8 Å². The minimum Gasteiger partial charge on any atom is -0.357 e. The Bertz CT molecular complexity index is 1750. The molecule has 10 heteroatoms. The van der Waals surface area contributed by atoms with E-state index >= 15 is 0 Å². The zero-order valence-corrected chi connectivity index (χ0v) is 27.4. The van der Waals surface area contributed by atoms with E-state index < -0.39 is 34.4 Å². The zero-order chi connectivity index (χ0) is 32.0. The Morgan fingerprint density at radius 2 is 1.50 bits per heavy atom. The number of carbonyl (C=O) groups is 2. The van der Waals surface area contributed by atoms with E-state index in [0.29, 0.717) is 26.9 Å². The Balaban J connectivity index is 1.84. The molecule has 4 rings (SSSR count). The molecule has 1 unspecified atom stereocenters. The molecule has 230 valence electrons. The van der Waals surface area contributed by atoms with Crippen molar-refractivity contribution in [3.8, 4) is 0 Å². The second-order valence-electron chi connectivity index (χ2n) is 10.7. The van der Waals surface area contributed by atoms with Gasteiger partial charge in [-0.05, 0) is 73.4 Å². The molecule has 0 spiro atoms. The van der Waals surface area contributed by atoms with Crippen molar-refractivity contribution in [3.63, 3.8) is 0 Å². The van der Waals surface area contributed by atoms with Gasteiger partial charge in [-0.15, -0.1) is 0 Å². The van der Waals surface area contributed by atoms with Gasteiger partial charge in [-0.2, -0.15) is 0 Å². The molecule has 0 fully saturated rings. The number of anilines is 1. The third-order valence-electron chi connectivity index (χ3n) is 7.39. The monoisotopic (exact) mass is 651 g/mol. The summed E-state index contributed by atoms with van der Waals surface area (Å²) >= 11 is 12.7. The molecule has 0 aliphatic heterocycles. The number of amides is 2. The maximum atomic E-state index is 14.5. The van der Waals surface area contributed by atoms with Crippen LogP contribution >= 0.6 is 23.2 Å². The fourth-order valence-corrected chi connectivity index (χ4v) is 6.83. The minimum absolute atomic E-state index is 0.0506. The van der Waals surface area contributed by atoms with E-state index in [4.69, 9.17) is 23.2 Å². The Morgan fingerprint density at radius 1 is 0.841 bits per heavy atom. The first-order valence-corrected chi connectivity index (χ1v) is 16.3. The van der Waals surface area contributed by atoms with Gasteiger partial charge in [0.1, 0.15) is 12.6 Å². The first kappa shape index (κ1) is 33.1. The number of nitrogens with one attached hydrogen (secondary N) is 1. The van der Waals surface area contributed by atoms with Crippen molar-refractivity contribution in [2.24, 2.45) is 0 Å². The summed E-state index contributed by atoms with van der Waals surface area (Å²) in [6.07, 6.45) is 0.200. The highest BCUT2D eigenvalue weighted by Crippen LogP contribution is 2.30. The van der Waals surface area contributed by atoms with Crippen LogP contribution < -0.4 is 9.62 Å². The first-order chi connectivity index (χ1) is 20.9. The number of rotatable bonds is 11. The summed E-state index contributed by atoms with van der Waals surface area (Å²) in [5, 5.41) is 3.42. The van der Waals surface area contributed by atoms with Crippen molar-refractivity contribution in [2.45, 2.75) is 44.7 Å². The molecule has 2 amide bonds. The normalized spacial score (nSPS) is 12.0. The molecule has 1 N–H and O–H groups in total. The van der Waals surface area contributed by atoms with E-state index in [1.54, 1.807) is 43.3 Å². The van der Waals surface area contributed by atoms with Crippen molar-refractivity contribution in [2.75, 3.05) is 17.9 Å². The predicted octanol–water partition coefficient (Wildman–Crippen LogP) is 6.50. The third kappa shape index (κ3) is 7.80. The largest absolute Gasteiger partial charge is 0.357 e. The molecule has 1 atom stereocenters. The van der Waals surface area contributed by atoms with Gasteiger partial charge in [-0.3, -0.25) is 13.9 Å². The van der Waals surface area contributed by atoms with Crippen molar-refractivity contribution in [3.05, 3.63) is 129 Å². The fourth-order valence-electron chi connectivity index (χ4n) is 4.89. The number of nitrogens with zero attached hydrogens (tertiary/aromatic N) is 2. The average Bonchev–Trinajstić information content (AvgIpc) is 3.00. The van der Waals surface area contributed by atoms with Crippen LogP contribution in [0.4, 0.5) is 5.69 Å². The van der Waals surface area contributed by atoms with Gasteiger partial charge >= 0.3 is 0 Å². The highest BCUT2D eigenvalue weighted by Gasteiger charge is 2.35. The van der Waals surface area contributed by atoms with E-state index in [9.17, 15) is 18.0 Å². The molecule has 4 aromatic carbocycles. The minimum atomic E-state index is -4.19. The highest BCUT2D eigenvalue weighted by atomic mass is 35.5. The van der Waals surface area contributed by atoms with Crippen LogP contribution in [0.2, 0.25) is 10.0 Å². The van der Waals surface area contributed by atoms with Gasteiger partial charge in [0.25, 0.3) is 10.0 Å². The summed E-state index contributed by atoms with van der Waals surface area (Å²) in [7, 11) is -2.69. The van der Waals surface area contributed by atoms with Crippen molar-refractivity contribution < 1.29 is 18.0 Å². The maximum absolute atomic E-state index is 14.5. The lowest BCUT2D eigenvalue weighted by Gasteiger charge is -2.34. The van der Waals surface area contributed by atoms with E-state index in [2.05, 4.69) is 5.32 Å². The average molecular weight is 653 g/mol. The summed E-state index contributed by atoms with van der Waals surface area (Å²) < 4.78 is 29.5. The lowest BCUT2D eigenvalue weighted by molar-refractivity contribution is -0.139. The Kier molecular flexibility index (Phi) is 10.7. The molecule has 0 bridgehead atoms. The smallest absolute Gasteiger partial charge is 0.264 e. The first-order valence-electron chi connectivity index (χ1n) is 14.1. The highest BCUT2D eigenvalue weighted by molar-refractivity contribution is 7.92. The summed E-state index contributed by atoms with van der Waals surface area (Å²) in [6, 6.07) is 25.2. The third-order valence-corrected chi connectivity index (χ3v) is 9.76. The molecule has 7 nitrogen and oxygen atoms in total. The maximum Gasteiger partial charge on any atom is 0.264 e. The summed E-state index contributed by atoms with van der Waals surface area (Å²) in [5.74, 6) is -0.968. The van der Waals surface area contributed by atoms with Gasteiger partial charge in [0, 0.05) is 30.1 Å². The second-order valence-corrected chi connectivity index (χ2v) is 13.4. The summed E-state index contributed by atoms with van der Waals surface area (Å²) in [4.78, 5) is 29.3. The topological polar surface area (TPSA) is 86.8 Å². The van der Waals surface area contributed by atoms with Crippen LogP contribution in [0.5, 0.6) is 0 Å². The van der Waals surface area contributed by atoms with Crippen LogP contribution in [-0.4, -0.2) is 44.8 Å². The van der Waals surface area contributed by atoms with Crippen LogP contribution in [0.15, 0.2) is 95.9 Å². The van der Waals surface area contributed by atoms with E-state index in [-0.39, 0.29) is 17.9 Å². The van der Waals surface area contributed by atoms with Crippen molar-refractivity contribution >= 4 is 50.7 Å². The number of halogens is 2. The molecule has 0 saturated heterocycles. The van der Waals surface area contributed by atoms with Crippen LogP contribution in [0, 0.1) is 20.8 Å². The Hall–Kier alpha value is -3.85. The second kappa shape index (κ2) is 14.3. The number of carbonyl (C=O) groups excluding carboxylic acids is 2. The van der Waals surface area contributed by atoms with Crippen LogP contribution in [0.25, 0.3) is 0 Å². The molecule has 0 heterocycles. The number of likely N-dealkylation sites (N-methyl/N-ethyl adjacent to an activating group) is 1. The molecular weight excluding hydrogens is 617 g/mol. The SMILES string of the molecule is CNC(=O)C(Cc1ccccc1)N(Cc1ccc(Cl)cc1Cl)C(=O)CN(c1cc(C)ccc1C)S(=O)(=O)c1ccc(C)cc1. The quantitative estimate of drug-likeness (QED) is 0.201.